The van der Waals surface area contributed by atoms with Crippen LogP contribution in [0.5, 0.6) is 0 Å². The molecule has 1 unspecified atom stereocenters. The van der Waals surface area contributed by atoms with Gasteiger partial charge in [0.1, 0.15) is 6.10 Å². The predicted molar refractivity (Wildman–Crippen MR) is 199 cm³/mol. The van der Waals surface area contributed by atoms with Gasteiger partial charge in [0.25, 0.3) is 0 Å². The third kappa shape index (κ3) is 36.1. The van der Waals surface area contributed by atoms with Crippen LogP contribution in [0.4, 0.5) is 0 Å². The SMILES string of the molecule is CC/C=C\C/C=C\C/C=C\C/C=C\C/C=C\C(CCCCC(=O)O)OC(=O)CCCCCCCCCCCCCCCCCCC. The van der Waals surface area contributed by atoms with E-state index in [1.165, 1.54) is 96.3 Å². The number of carbonyl (C=O) groups excluding carboxylic acids is 1. The minimum atomic E-state index is -0.776. The Labute approximate surface area is 284 Å². The summed E-state index contributed by atoms with van der Waals surface area (Å²) in [5, 5.41) is 8.93. The Morgan fingerprint density at radius 2 is 0.891 bits per heavy atom. The van der Waals surface area contributed by atoms with Gasteiger partial charge in [-0.05, 0) is 63.9 Å². The molecule has 0 fully saturated rings. The average Bonchev–Trinajstić information content (AvgIpc) is 3.04. The third-order valence-corrected chi connectivity index (χ3v) is 8.24. The lowest BCUT2D eigenvalue weighted by Gasteiger charge is -2.14. The first kappa shape index (κ1) is 43.6. The summed E-state index contributed by atoms with van der Waals surface area (Å²) in [6.45, 7) is 4.43. The predicted octanol–water partition coefficient (Wildman–Crippen LogP) is 13.3. The Bertz CT molecular complexity index is 820. The molecular weight excluding hydrogens is 568 g/mol. The van der Waals surface area contributed by atoms with Crippen LogP contribution in [0.3, 0.4) is 0 Å². The molecular formula is C42H72O4. The standard InChI is InChI=1S/C42H72O4/c1-3-5-7-9-11-13-15-17-19-20-21-23-25-27-29-31-33-39-42(45)46-40(37-34-35-38-41(43)44)36-32-30-28-26-24-22-18-16-14-12-10-8-6-4-2/h6,8,12,14,18,22,26,28,32,36,40H,3-5,7,9-11,13,15-17,19-21,23-25,27,29-31,33-35,37-39H2,1-2H3,(H,43,44)/b8-6-,14-12-,22-18-,28-26-,36-32-. The van der Waals surface area contributed by atoms with E-state index in [1.807, 2.05) is 6.08 Å². The zero-order valence-electron chi connectivity index (χ0n) is 30.1. The van der Waals surface area contributed by atoms with Crippen molar-refractivity contribution >= 4 is 11.9 Å². The minimum Gasteiger partial charge on any atom is -0.481 e. The summed E-state index contributed by atoms with van der Waals surface area (Å²) >= 11 is 0. The van der Waals surface area contributed by atoms with Crippen LogP contribution in [0.15, 0.2) is 60.8 Å². The molecule has 1 N–H and O–H groups in total. The minimum absolute atomic E-state index is 0.134. The highest BCUT2D eigenvalue weighted by atomic mass is 16.5. The number of unbranched alkanes of at least 4 members (excludes halogenated alkanes) is 17. The van der Waals surface area contributed by atoms with Gasteiger partial charge in [-0.25, -0.2) is 0 Å². The van der Waals surface area contributed by atoms with Crippen molar-refractivity contribution in [1.29, 1.82) is 0 Å². The summed E-state index contributed by atoms with van der Waals surface area (Å²) < 4.78 is 5.78. The van der Waals surface area contributed by atoms with Gasteiger partial charge in [0.05, 0.1) is 0 Å². The summed E-state index contributed by atoms with van der Waals surface area (Å²) in [6, 6.07) is 0. The van der Waals surface area contributed by atoms with E-state index in [0.29, 0.717) is 19.3 Å². The van der Waals surface area contributed by atoms with Gasteiger partial charge in [-0.15, -0.1) is 0 Å². The van der Waals surface area contributed by atoms with E-state index in [4.69, 9.17) is 9.84 Å². The van der Waals surface area contributed by atoms with Crippen LogP contribution in [-0.4, -0.2) is 23.1 Å². The van der Waals surface area contributed by atoms with Crippen molar-refractivity contribution in [3.63, 3.8) is 0 Å². The molecule has 0 aliphatic rings. The highest BCUT2D eigenvalue weighted by Crippen LogP contribution is 2.15. The van der Waals surface area contributed by atoms with Crippen molar-refractivity contribution in [2.45, 2.75) is 193 Å². The molecule has 0 radical (unpaired) electrons. The van der Waals surface area contributed by atoms with E-state index in [0.717, 1.165) is 51.4 Å². The molecule has 0 saturated heterocycles. The van der Waals surface area contributed by atoms with Crippen LogP contribution in [-0.2, 0) is 14.3 Å². The lowest BCUT2D eigenvalue weighted by Crippen LogP contribution is -2.16. The molecule has 264 valence electrons. The normalized spacial score (nSPS) is 12.9. The van der Waals surface area contributed by atoms with Crippen molar-refractivity contribution < 1.29 is 19.4 Å². The molecule has 0 aliphatic heterocycles. The molecule has 0 aliphatic carbocycles. The fourth-order valence-electron chi connectivity index (χ4n) is 5.42. The molecule has 46 heavy (non-hydrogen) atoms. The molecule has 0 saturated carbocycles. The smallest absolute Gasteiger partial charge is 0.306 e. The zero-order valence-corrected chi connectivity index (χ0v) is 30.1. The van der Waals surface area contributed by atoms with Crippen molar-refractivity contribution in [3.8, 4) is 0 Å². The number of hydrogen-bond acceptors (Lipinski definition) is 3. The second-order valence-corrected chi connectivity index (χ2v) is 12.7. The maximum absolute atomic E-state index is 12.5. The molecule has 0 rings (SSSR count). The molecule has 0 aromatic heterocycles. The highest BCUT2D eigenvalue weighted by molar-refractivity contribution is 5.69. The fourth-order valence-corrected chi connectivity index (χ4v) is 5.42. The fraction of sp³-hybridized carbons (Fsp3) is 0.714. The Morgan fingerprint density at radius 3 is 1.33 bits per heavy atom. The van der Waals surface area contributed by atoms with Gasteiger partial charge in [0, 0.05) is 12.8 Å². The van der Waals surface area contributed by atoms with Crippen molar-refractivity contribution in [2.24, 2.45) is 0 Å². The number of aliphatic carboxylic acids is 1. The number of ether oxygens (including phenoxy) is 1. The topological polar surface area (TPSA) is 63.6 Å². The Kier molecular flexibility index (Phi) is 35.2. The maximum Gasteiger partial charge on any atom is 0.306 e. The number of rotatable bonds is 34. The first-order chi connectivity index (χ1) is 22.6. The first-order valence-electron chi connectivity index (χ1n) is 19.3. The average molecular weight is 641 g/mol. The van der Waals surface area contributed by atoms with Crippen molar-refractivity contribution in [1.82, 2.24) is 0 Å². The Morgan fingerprint density at radius 1 is 0.500 bits per heavy atom. The van der Waals surface area contributed by atoms with Gasteiger partial charge >= 0.3 is 11.9 Å². The van der Waals surface area contributed by atoms with Gasteiger partial charge in [-0.2, -0.15) is 0 Å². The number of allylic oxidation sites excluding steroid dienone is 9. The van der Waals surface area contributed by atoms with Crippen LogP contribution < -0.4 is 0 Å². The van der Waals surface area contributed by atoms with E-state index in [2.05, 4.69) is 68.5 Å². The number of carbonyl (C=O) groups is 2. The van der Waals surface area contributed by atoms with Crippen molar-refractivity contribution in [2.75, 3.05) is 0 Å². The molecule has 0 amide bonds. The molecule has 1 atom stereocenters. The molecule has 4 heteroatoms. The van der Waals surface area contributed by atoms with Crippen LogP contribution in [0.25, 0.3) is 0 Å². The first-order valence-corrected chi connectivity index (χ1v) is 19.3. The molecule has 0 heterocycles. The maximum atomic E-state index is 12.5. The lowest BCUT2D eigenvalue weighted by molar-refractivity contribution is -0.147. The molecule has 0 bridgehead atoms. The van der Waals surface area contributed by atoms with E-state index >= 15 is 0 Å². The Hall–Kier alpha value is -2.36. The summed E-state index contributed by atoms with van der Waals surface area (Å²) in [6.07, 6.45) is 51.1. The van der Waals surface area contributed by atoms with Gasteiger partial charge in [0.2, 0.25) is 0 Å². The van der Waals surface area contributed by atoms with Crippen LogP contribution in [0.1, 0.15) is 187 Å². The van der Waals surface area contributed by atoms with Gasteiger partial charge in [0.15, 0.2) is 0 Å². The number of carboxylic acid groups (broad SMARTS) is 1. The highest BCUT2D eigenvalue weighted by Gasteiger charge is 2.12. The summed E-state index contributed by atoms with van der Waals surface area (Å²) in [5.41, 5.74) is 0. The van der Waals surface area contributed by atoms with Crippen LogP contribution in [0, 0.1) is 0 Å². The van der Waals surface area contributed by atoms with Crippen molar-refractivity contribution in [3.05, 3.63) is 60.8 Å². The number of hydrogen-bond donors (Lipinski definition) is 1. The van der Waals surface area contributed by atoms with E-state index in [1.54, 1.807) is 0 Å². The molecule has 0 aromatic rings. The number of esters is 1. The number of carboxylic acids is 1. The Balaban J connectivity index is 4.03. The van der Waals surface area contributed by atoms with E-state index in [9.17, 15) is 9.59 Å². The lowest BCUT2D eigenvalue weighted by atomic mass is 10.0. The van der Waals surface area contributed by atoms with Gasteiger partial charge < -0.3 is 9.84 Å². The molecule has 4 nitrogen and oxygen atoms in total. The largest absolute Gasteiger partial charge is 0.481 e. The van der Waals surface area contributed by atoms with E-state index < -0.39 is 5.97 Å². The second kappa shape index (κ2) is 37.1. The van der Waals surface area contributed by atoms with Gasteiger partial charge in [-0.1, -0.05) is 171 Å². The molecule has 0 aromatic carbocycles. The van der Waals surface area contributed by atoms with Crippen LogP contribution >= 0.6 is 0 Å². The monoisotopic (exact) mass is 641 g/mol. The van der Waals surface area contributed by atoms with Crippen LogP contribution in [0.2, 0.25) is 0 Å². The summed E-state index contributed by atoms with van der Waals surface area (Å²) in [7, 11) is 0. The summed E-state index contributed by atoms with van der Waals surface area (Å²) in [4.78, 5) is 23.4. The quantitative estimate of drug-likeness (QED) is 0.0432. The summed E-state index contributed by atoms with van der Waals surface area (Å²) in [5.74, 6) is -0.910. The second-order valence-electron chi connectivity index (χ2n) is 12.7. The third-order valence-electron chi connectivity index (χ3n) is 8.24. The van der Waals surface area contributed by atoms with Gasteiger partial charge in [-0.3, -0.25) is 9.59 Å². The zero-order chi connectivity index (χ0) is 33.6. The van der Waals surface area contributed by atoms with E-state index in [-0.39, 0.29) is 18.5 Å². The molecule has 0 spiro atoms.